The number of aliphatic hydroxyl groups is 2. The molecule has 35 heavy (non-hydrogen) atoms. The molecule has 0 aromatic heterocycles. The molecular formula is C27H38O8. The maximum atomic E-state index is 14.0. The van der Waals surface area contributed by atoms with E-state index in [0.717, 1.165) is 21.1 Å². The summed E-state index contributed by atoms with van der Waals surface area (Å²) in [5, 5.41) is 18.1. The minimum atomic E-state index is -2.41. The van der Waals surface area contributed by atoms with Gasteiger partial charge < -0.3 is 14.9 Å². The minimum Gasteiger partial charge on any atom is -0.468 e. The fourth-order valence-corrected chi connectivity index (χ4v) is 8.89. The zero-order valence-corrected chi connectivity index (χ0v) is 22.0. The van der Waals surface area contributed by atoms with E-state index >= 15 is 0 Å². The number of methoxy groups -OCH3 is 1. The van der Waals surface area contributed by atoms with Crippen LogP contribution in [0, 0.1) is 38.9 Å². The number of fused-ring (bicyclic) bond motifs is 5. The van der Waals surface area contributed by atoms with Gasteiger partial charge in [-0.2, -0.15) is 0 Å². The summed E-state index contributed by atoms with van der Waals surface area (Å²) in [5.74, 6) is -3.78. The predicted molar refractivity (Wildman–Crippen MR) is 126 cm³/mol. The summed E-state index contributed by atoms with van der Waals surface area (Å²) in [6, 6.07) is 0. The number of allylic oxidation sites excluding steroid dienone is 1. The molecule has 4 saturated carbocycles. The molecule has 0 aromatic rings. The number of carbonyl (C=O) groups excluding carboxylic acids is 5. The highest BCUT2D eigenvalue weighted by Crippen LogP contribution is 2.77. The molecule has 0 aromatic carbocycles. The average Bonchev–Trinajstić information content (AvgIpc) is 2.90. The molecule has 4 aliphatic carbocycles. The molecule has 0 saturated heterocycles. The molecule has 0 unspecified atom stereocenters. The number of ketones is 4. The number of esters is 1. The SMILES string of the molecule is C=C1C[C@H]2[C@]3(C)CCC(=O)C(C)(C)[C@H]3C(=O)C[C@]2(C)[C@]2(C(=O)OC)C(=O)[C@@](C)(O)C(=O)[C@]12C.CO. The summed E-state index contributed by atoms with van der Waals surface area (Å²) < 4.78 is 5.17. The lowest BCUT2D eigenvalue weighted by Crippen LogP contribution is -2.72. The normalized spacial score (nSPS) is 46.2. The molecule has 0 radical (unpaired) electrons. The molecule has 0 bridgehead atoms. The van der Waals surface area contributed by atoms with Gasteiger partial charge in [0, 0.05) is 36.7 Å². The number of hydrogen-bond acceptors (Lipinski definition) is 8. The highest BCUT2D eigenvalue weighted by Gasteiger charge is 2.86. The number of carbonyl (C=O) groups is 5. The van der Waals surface area contributed by atoms with Gasteiger partial charge in [0.25, 0.3) is 0 Å². The molecule has 2 N–H and O–H groups in total. The number of rotatable bonds is 1. The fourth-order valence-electron chi connectivity index (χ4n) is 8.89. The molecule has 4 fully saturated rings. The van der Waals surface area contributed by atoms with Crippen LogP contribution in [0.4, 0.5) is 0 Å². The first-order valence-corrected chi connectivity index (χ1v) is 12.0. The molecule has 8 heteroatoms. The van der Waals surface area contributed by atoms with Crippen LogP contribution in [0.1, 0.15) is 67.2 Å². The molecule has 0 spiro atoms. The van der Waals surface area contributed by atoms with Gasteiger partial charge in [-0.15, -0.1) is 0 Å². The summed E-state index contributed by atoms with van der Waals surface area (Å²) in [5.41, 5.74) is -8.72. The highest BCUT2D eigenvalue weighted by atomic mass is 16.5. The summed E-state index contributed by atoms with van der Waals surface area (Å²) in [7, 11) is 2.15. The Morgan fingerprint density at radius 3 is 2.06 bits per heavy atom. The van der Waals surface area contributed by atoms with E-state index in [1.807, 2.05) is 6.92 Å². The topological polar surface area (TPSA) is 135 Å². The first kappa shape index (κ1) is 27.4. The number of ether oxygens (including phenoxy) is 1. The maximum absolute atomic E-state index is 14.0. The van der Waals surface area contributed by atoms with Crippen molar-refractivity contribution in [3.05, 3.63) is 12.2 Å². The zero-order valence-electron chi connectivity index (χ0n) is 22.0. The first-order valence-electron chi connectivity index (χ1n) is 12.0. The van der Waals surface area contributed by atoms with Gasteiger partial charge in [0.05, 0.1) is 12.5 Å². The minimum absolute atomic E-state index is 0.0270. The van der Waals surface area contributed by atoms with Gasteiger partial charge in [0.15, 0.2) is 22.6 Å². The van der Waals surface area contributed by atoms with Crippen LogP contribution in [0.15, 0.2) is 12.2 Å². The largest absolute Gasteiger partial charge is 0.468 e. The van der Waals surface area contributed by atoms with E-state index < -0.39 is 62.0 Å². The number of hydrogen-bond donors (Lipinski definition) is 2. The van der Waals surface area contributed by atoms with E-state index in [0.29, 0.717) is 24.8 Å². The summed E-state index contributed by atoms with van der Waals surface area (Å²) >= 11 is 0. The second kappa shape index (κ2) is 7.65. The molecule has 8 nitrogen and oxygen atoms in total. The van der Waals surface area contributed by atoms with Crippen molar-refractivity contribution in [1.82, 2.24) is 0 Å². The third-order valence-electron chi connectivity index (χ3n) is 10.4. The van der Waals surface area contributed by atoms with Crippen molar-refractivity contribution in [2.75, 3.05) is 14.2 Å². The number of aliphatic hydroxyl groups excluding tert-OH is 1. The predicted octanol–water partition coefficient (Wildman–Crippen LogP) is 2.23. The summed E-state index contributed by atoms with van der Waals surface area (Å²) in [6.45, 7) is 14.0. The van der Waals surface area contributed by atoms with Crippen LogP contribution >= 0.6 is 0 Å². The lowest BCUT2D eigenvalue weighted by Gasteiger charge is -2.68. The van der Waals surface area contributed by atoms with Crippen molar-refractivity contribution in [3.63, 3.8) is 0 Å². The standard InChI is InChI=1S/C26H34O7.CH4O/c1-13-11-15-22(4)10-9-16(28)21(2,3)17(22)14(27)12-23(15,5)26(20(31)33-8)19(30)25(7,32)18(29)24(13,26)6;1-2/h15,17,32H,1,9-12H2,2-8H3;2H,1H3/t15-,17+,22-,23-,24-,25-,26+;/m0./s1. The lowest BCUT2D eigenvalue weighted by molar-refractivity contribution is -0.214. The molecule has 194 valence electrons. The van der Waals surface area contributed by atoms with E-state index in [2.05, 4.69) is 6.58 Å². The van der Waals surface area contributed by atoms with Crippen molar-refractivity contribution >= 4 is 29.1 Å². The second-order valence-electron chi connectivity index (χ2n) is 12.1. The van der Waals surface area contributed by atoms with Crippen molar-refractivity contribution in [1.29, 1.82) is 0 Å². The van der Waals surface area contributed by atoms with Crippen molar-refractivity contribution in [2.45, 2.75) is 72.8 Å². The summed E-state index contributed by atoms with van der Waals surface area (Å²) in [6.07, 6.45) is 0.873. The molecule has 4 aliphatic rings. The monoisotopic (exact) mass is 490 g/mol. The fraction of sp³-hybridized carbons (Fsp3) is 0.741. The van der Waals surface area contributed by atoms with Crippen LogP contribution in [0.5, 0.6) is 0 Å². The van der Waals surface area contributed by atoms with Gasteiger partial charge in [-0.1, -0.05) is 39.8 Å². The zero-order chi connectivity index (χ0) is 27.2. The molecule has 7 atom stereocenters. The molecule has 0 heterocycles. The van der Waals surface area contributed by atoms with Crippen LogP contribution in [-0.2, 0) is 28.7 Å². The van der Waals surface area contributed by atoms with Crippen LogP contribution < -0.4 is 0 Å². The lowest BCUT2D eigenvalue weighted by atomic mass is 9.32. The van der Waals surface area contributed by atoms with Crippen LogP contribution in [0.3, 0.4) is 0 Å². The quantitative estimate of drug-likeness (QED) is 0.325. The van der Waals surface area contributed by atoms with E-state index in [9.17, 15) is 29.1 Å². The highest BCUT2D eigenvalue weighted by molar-refractivity contribution is 6.30. The van der Waals surface area contributed by atoms with Gasteiger partial charge in [0.1, 0.15) is 11.6 Å². The first-order chi connectivity index (χ1) is 15.9. The Kier molecular flexibility index (Phi) is 5.99. The second-order valence-corrected chi connectivity index (χ2v) is 12.1. The third-order valence-corrected chi connectivity index (χ3v) is 10.4. The van der Waals surface area contributed by atoms with Gasteiger partial charge in [-0.05, 0) is 38.0 Å². The van der Waals surface area contributed by atoms with Crippen LogP contribution in [0.2, 0.25) is 0 Å². The Morgan fingerprint density at radius 1 is 1.00 bits per heavy atom. The van der Waals surface area contributed by atoms with Crippen molar-refractivity contribution in [2.24, 2.45) is 38.9 Å². The number of Topliss-reactive ketones (excluding diaryl/α,β-unsaturated/α-hetero) is 4. The van der Waals surface area contributed by atoms with Gasteiger partial charge in [0.2, 0.25) is 0 Å². The Balaban J connectivity index is 0.00000167. The van der Waals surface area contributed by atoms with E-state index in [1.54, 1.807) is 20.8 Å². The Labute approximate surface area is 206 Å². The van der Waals surface area contributed by atoms with Crippen LogP contribution in [-0.4, -0.2) is 59.1 Å². The van der Waals surface area contributed by atoms with Gasteiger partial charge >= 0.3 is 5.97 Å². The average molecular weight is 491 g/mol. The van der Waals surface area contributed by atoms with Crippen LogP contribution in [0.25, 0.3) is 0 Å². The Bertz CT molecular complexity index is 1050. The van der Waals surface area contributed by atoms with E-state index in [1.165, 1.54) is 6.92 Å². The summed E-state index contributed by atoms with van der Waals surface area (Å²) in [4.78, 5) is 67.9. The molecule has 4 rings (SSSR count). The van der Waals surface area contributed by atoms with E-state index in [-0.39, 0.29) is 18.0 Å². The Hall–Kier alpha value is -2.19. The van der Waals surface area contributed by atoms with Crippen molar-refractivity contribution < 1.29 is 38.9 Å². The van der Waals surface area contributed by atoms with E-state index in [4.69, 9.17) is 9.84 Å². The molecule has 0 amide bonds. The maximum Gasteiger partial charge on any atom is 0.321 e. The molecule has 0 aliphatic heterocycles. The Morgan fingerprint density at radius 2 is 1.54 bits per heavy atom. The van der Waals surface area contributed by atoms with Crippen molar-refractivity contribution in [3.8, 4) is 0 Å². The smallest absolute Gasteiger partial charge is 0.321 e. The van der Waals surface area contributed by atoms with Gasteiger partial charge in [-0.3, -0.25) is 24.0 Å². The van der Waals surface area contributed by atoms with Gasteiger partial charge in [-0.25, -0.2) is 0 Å². The third kappa shape index (κ3) is 2.67. The molecular weight excluding hydrogens is 452 g/mol.